The van der Waals surface area contributed by atoms with Crippen molar-refractivity contribution < 1.29 is 0 Å². The maximum Gasteiger partial charge on any atom is 0.151 e. The van der Waals surface area contributed by atoms with E-state index in [0.717, 1.165) is 35.9 Å². The third-order valence-electron chi connectivity index (χ3n) is 3.29. The SMILES string of the molecule is Nc1ccc(-c2ccc(N3CCCC3)nn2)cc1. The van der Waals surface area contributed by atoms with Gasteiger partial charge in [-0.2, -0.15) is 0 Å². The Hall–Kier alpha value is -2.10. The Morgan fingerprint density at radius 3 is 2.22 bits per heavy atom. The van der Waals surface area contributed by atoms with Crippen LogP contribution in [-0.4, -0.2) is 23.3 Å². The third-order valence-corrected chi connectivity index (χ3v) is 3.29. The number of benzene rings is 1. The number of anilines is 2. The Morgan fingerprint density at radius 1 is 0.889 bits per heavy atom. The van der Waals surface area contributed by atoms with Crippen LogP contribution < -0.4 is 10.6 Å². The zero-order chi connectivity index (χ0) is 12.4. The summed E-state index contributed by atoms with van der Waals surface area (Å²) in [4.78, 5) is 2.28. The van der Waals surface area contributed by atoms with Gasteiger partial charge < -0.3 is 10.6 Å². The fourth-order valence-corrected chi connectivity index (χ4v) is 2.25. The van der Waals surface area contributed by atoms with E-state index in [2.05, 4.69) is 15.1 Å². The van der Waals surface area contributed by atoms with Crippen molar-refractivity contribution in [3.8, 4) is 11.3 Å². The summed E-state index contributed by atoms with van der Waals surface area (Å²) in [5.74, 6) is 0.978. The average molecular weight is 240 g/mol. The van der Waals surface area contributed by atoms with Crippen LogP contribution in [-0.2, 0) is 0 Å². The predicted octanol–water partition coefficient (Wildman–Crippen LogP) is 2.33. The van der Waals surface area contributed by atoms with E-state index in [9.17, 15) is 0 Å². The molecule has 1 aliphatic heterocycles. The molecule has 0 spiro atoms. The smallest absolute Gasteiger partial charge is 0.151 e. The molecule has 2 N–H and O–H groups in total. The van der Waals surface area contributed by atoms with Gasteiger partial charge in [0.1, 0.15) is 0 Å². The molecule has 1 saturated heterocycles. The molecule has 1 fully saturated rings. The number of nitrogens with two attached hydrogens (primary N) is 1. The minimum atomic E-state index is 0.764. The number of nitrogen functional groups attached to an aromatic ring is 1. The molecule has 18 heavy (non-hydrogen) atoms. The summed E-state index contributed by atoms with van der Waals surface area (Å²) in [6.45, 7) is 2.19. The predicted molar refractivity (Wildman–Crippen MR) is 73.3 cm³/mol. The van der Waals surface area contributed by atoms with Crippen LogP contribution in [0.3, 0.4) is 0 Å². The fourth-order valence-electron chi connectivity index (χ4n) is 2.25. The molecule has 0 saturated carbocycles. The van der Waals surface area contributed by atoms with E-state index in [1.807, 2.05) is 36.4 Å². The van der Waals surface area contributed by atoms with Gasteiger partial charge in [0.25, 0.3) is 0 Å². The van der Waals surface area contributed by atoms with Gasteiger partial charge in [-0.15, -0.1) is 10.2 Å². The van der Waals surface area contributed by atoms with Crippen molar-refractivity contribution in [3.63, 3.8) is 0 Å². The summed E-state index contributed by atoms with van der Waals surface area (Å²) in [5, 5.41) is 8.59. The highest BCUT2D eigenvalue weighted by atomic mass is 15.3. The molecule has 3 rings (SSSR count). The van der Waals surface area contributed by atoms with Crippen molar-refractivity contribution in [3.05, 3.63) is 36.4 Å². The molecular weight excluding hydrogens is 224 g/mol. The van der Waals surface area contributed by atoms with Crippen LogP contribution in [0.1, 0.15) is 12.8 Å². The minimum absolute atomic E-state index is 0.764. The van der Waals surface area contributed by atoms with E-state index in [-0.39, 0.29) is 0 Å². The standard InChI is InChI=1S/C14H16N4/c15-12-5-3-11(4-6-12)13-7-8-14(17-16-13)18-9-1-2-10-18/h3-8H,1-2,9-10,15H2. The highest BCUT2D eigenvalue weighted by Crippen LogP contribution is 2.21. The van der Waals surface area contributed by atoms with Crippen LogP contribution in [0.25, 0.3) is 11.3 Å². The molecule has 0 bridgehead atoms. The van der Waals surface area contributed by atoms with Crippen LogP contribution >= 0.6 is 0 Å². The molecular formula is C14H16N4. The van der Waals surface area contributed by atoms with Gasteiger partial charge in [-0.05, 0) is 37.1 Å². The first-order valence-corrected chi connectivity index (χ1v) is 6.27. The van der Waals surface area contributed by atoms with E-state index in [0.29, 0.717) is 0 Å². The molecule has 4 nitrogen and oxygen atoms in total. The highest BCUT2D eigenvalue weighted by Gasteiger charge is 2.13. The van der Waals surface area contributed by atoms with E-state index >= 15 is 0 Å². The minimum Gasteiger partial charge on any atom is -0.399 e. The van der Waals surface area contributed by atoms with Crippen LogP contribution in [0.15, 0.2) is 36.4 Å². The van der Waals surface area contributed by atoms with Gasteiger partial charge in [0.2, 0.25) is 0 Å². The number of hydrogen-bond acceptors (Lipinski definition) is 4. The normalized spacial score (nSPS) is 15.0. The lowest BCUT2D eigenvalue weighted by Crippen LogP contribution is -2.19. The molecule has 0 aliphatic carbocycles. The van der Waals surface area contributed by atoms with E-state index in [1.54, 1.807) is 0 Å². The lowest BCUT2D eigenvalue weighted by Gasteiger charge is -2.15. The molecule has 2 aromatic rings. The molecule has 92 valence electrons. The molecule has 1 aliphatic rings. The number of aromatic nitrogens is 2. The molecule has 1 aromatic heterocycles. The summed E-state index contributed by atoms with van der Waals surface area (Å²) in [7, 11) is 0. The Morgan fingerprint density at radius 2 is 1.61 bits per heavy atom. The van der Waals surface area contributed by atoms with Crippen molar-refractivity contribution >= 4 is 11.5 Å². The van der Waals surface area contributed by atoms with E-state index < -0.39 is 0 Å². The van der Waals surface area contributed by atoms with Gasteiger partial charge in [-0.3, -0.25) is 0 Å². The van der Waals surface area contributed by atoms with E-state index in [1.165, 1.54) is 12.8 Å². The monoisotopic (exact) mass is 240 g/mol. The van der Waals surface area contributed by atoms with E-state index in [4.69, 9.17) is 5.73 Å². The number of hydrogen-bond donors (Lipinski definition) is 1. The van der Waals surface area contributed by atoms with Crippen LogP contribution in [0.2, 0.25) is 0 Å². The molecule has 0 atom stereocenters. The van der Waals surface area contributed by atoms with Gasteiger partial charge in [-0.1, -0.05) is 12.1 Å². The van der Waals surface area contributed by atoms with Crippen LogP contribution in [0, 0.1) is 0 Å². The van der Waals surface area contributed by atoms with Gasteiger partial charge in [0.05, 0.1) is 5.69 Å². The zero-order valence-electron chi connectivity index (χ0n) is 10.2. The first-order chi connectivity index (χ1) is 8.83. The van der Waals surface area contributed by atoms with Crippen molar-refractivity contribution in [2.45, 2.75) is 12.8 Å². The molecule has 1 aromatic carbocycles. The Balaban J connectivity index is 1.84. The summed E-state index contributed by atoms with van der Waals surface area (Å²) in [6.07, 6.45) is 2.50. The fraction of sp³-hybridized carbons (Fsp3) is 0.286. The quantitative estimate of drug-likeness (QED) is 0.818. The Labute approximate surface area is 106 Å². The van der Waals surface area contributed by atoms with Crippen molar-refractivity contribution in [1.29, 1.82) is 0 Å². The largest absolute Gasteiger partial charge is 0.399 e. The lowest BCUT2D eigenvalue weighted by atomic mass is 10.1. The third kappa shape index (κ3) is 2.14. The van der Waals surface area contributed by atoms with Gasteiger partial charge >= 0.3 is 0 Å². The van der Waals surface area contributed by atoms with Gasteiger partial charge in [0, 0.05) is 24.3 Å². The molecule has 4 heteroatoms. The molecule has 2 heterocycles. The lowest BCUT2D eigenvalue weighted by molar-refractivity contribution is 0.896. The average Bonchev–Trinajstić information content (AvgIpc) is 2.94. The summed E-state index contributed by atoms with van der Waals surface area (Å²) < 4.78 is 0. The number of rotatable bonds is 2. The maximum atomic E-state index is 5.67. The van der Waals surface area contributed by atoms with Gasteiger partial charge in [0.15, 0.2) is 5.82 Å². The Kier molecular flexibility index (Phi) is 2.84. The zero-order valence-corrected chi connectivity index (χ0v) is 10.2. The molecule has 0 amide bonds. The number of nitrogens with zero attached hydrogens (tertiary/aromatic N) is 3. The first-order valence-electron chi connectivity index (χ1n) is 6.27. The van der Waals surface area contributed by atoms with Crippen molar-refractivity contribution in [2.24, 2.45) is 0 Å². The summed E-state index contributed by atoms with van der Waals surface area (Å²) in [5.41, 5.74) is 8.37. The topological polar surface area (TPSA) is 55.0 Å². The molecule has 0 unspecified atom stereocenters. The second-order valence-electron chi connectivity index (χ2n) is 4.59. The second kappa shape index (κ2) is 4.64. The second-order valence-corrected chi connectivity index (χ2v) is 4.59. The summed E-state index contributed by atoms with van der Waals surface area (Å²) in [6, 6.07) is 11.8. The summed E-state index contributed by atoms with van der Waals surface area (Å²) >= 11 is 0. The van der Waals surface area contributed by atoms with Crippen LogP contribution in [0.5, 0.6) is 0 Å². The molecule has 0 radical (unpaired) electrons. The Bertz CT molecular complexity index is 512. The maximum absolute atomic E-state index is 5.67. The first kappa shape index (κ1) is 11.0. The van der Waals surface area contributed by atoms with Gasteiger partial charge in [-0.25, -0.2) is 0 Å². The van der Waals surface area contributed by atoms with Crippen LogP contribution in [0.4, 0.5) is 11.5 Å². The highest BCUT2D eigenvalue weighted by molar-refractivity contribution is 5.62. The van der Waals surface area contributed by atoms with Crippen molar-refractivity contribution in [2.75, 3.05) is 23.7 Å². The van der Waals surface area contributed by atoms with Crippen molar-refractivity contribution in [1.82, 2.24) is 10.2 Å².